The molecule has 0 spiro atoms. The Morgan fingerprint density at radius 3 is 2.36 bits per heavy atom. The van der Waals surface area contributed by atoms with Crippen LogP contribution in [0.15, 0.2) is 38.0 Å². The first-order valence-corrected chi connectivity index (χ1v) is 5.55. The number of hydrogen-bond acceptors (Lipinski definition) is 3. The summed E-state index contributed by atoms with van der Waals surface area (Å²) in [6.07, 6.45) is 0.659. The molecule has 0 saturated heterocycles. The molecule has 72 valence electrons. The maximum absolute atomic E-state index is 5.20. The van der Waals surface area contributed by atoms with Crippen LogP contribution in [0.25, 0.3) is 0 Å². The summed E-state index contributed by atoms with van der Waals surface area (Å²) in [5.41, 5.74) is 1.14. The van der Waals surface area contributed by atoms with Gasteiger partial charge < -0.3 is 4.42 Å². The molecule has 2 aromatic rings. The van der Waals surface area contributed by atoms with Crippen LogP contribution in [0.5, 0.6) is 0 Å². The fourth-order valence-electron chi connectivity index (χ4n) is 1.08. The van der Waals surface area contributed by atoms with Crippen LogP contribution < -0.4 is 0 Å². The molecule has 2 rings (SSSR count). The molecule has 0 aliphatic carbocycles. The highest BCUT2D eigenvalue weighted by Crippen LogP contribution is 2.14. The van der Waals surface area contributed by atoms with E-state index < -0.39 is 0 Å². The number of hydrogen-bond donors (Lipinski definition) is 0. The number of rotatable bonds is 2. The van der Waals surface area contributed by atoms with Crippen molar-refractivity contribution in [1.29, 1.82) is 0 Å². The summed E-state index contributed by atoms with van der Waals surface area (Å²) in [6, 6.07) is 8.01. The highest BCUT2D eigenvalue weighted by atomic mass is 79.9. The minimum Gasteiger partial charge on any atom is -0.415 e. The zero-order chi connectivity index (χ0) is 9.97. The monoisotopic (exact) mass is 316 g/mol. The van der Waals surface area contributed by atoms with Crippen molar-refractivity contribution >= 4 is 31.9 Å². The molecule has 0 aliphatic heterocycles. The van der Waals surface area contributed by atoms with Crippen LogP contribution in [0.1, 0.15) is 11.5 Å². The number of halogens is 2. The van der Waals surface area contributed by atoms with Crippen molar-refractivity contribution in [3.05, 3.63) is 45.0 Å². The van der Waals surface area contributed by atoms with Crippen LogP contribution in [-0.2, 0) is 6.42 Å². The predicted octanol–water partition coefficient (Wildman–Crippen LogP) is 3.19. The molecular weight excluding hydrogens is 312 g/mol. The molecule has 14 heavy (non-hydrogen) atoms. The van der Waals surface area contributed by atoms with E-state index in [1.165, 1.54) is 0 Å². The first-order chi connectivity index (χ1) is 6.74. The third-order valence-electron chi connectivity index (χ3n) is 1.71. The van der Waals surface area contributed by atoms with Gasteiger partial charge in [0.05, 0.1) is 6.42 Å². The van der Waals surface area contributed by atoms with Crippen molar-refractivity contribution in [2.24, 2.45) is 0 Å². The van der Waals surface area contributed by atoms with Gasteiger partial charge >= 0.3 is 0 Å². The van der Waals surface area contributed by atoms with Gasteiger partial charge in [0, 0.05) is 20.4 Å². The average molecular weight is 318 g/mol. The zero-order valence-electron chi connectivity index (χ0n) is 7.08. The number of benzene rings is 1. The Morgan fingerprint density at radius 2 is 1.79 bits per heavy atom. The standard InChI is InChI=1S/C9H6Br2N2O/c10-7-3-1-6(2-4-7)5-8-12-13-9(11)14-8/h1-4H,5H2. The molecule has 0 N–H and O–H groups in total. The lowest BCUT2D eigenvalue weighted by molar-refractivity contribution is 0.482. The molecule has 0 amide bonds. The van der Waals surface area contributed by atoms with Gasteiger partial charge in [0.25, 0.3) is 4.80 Å². The van der Waals surface area contributed by atoms with Crippen LogP contribution in [0.4, 0.5) is 0 Å². The van der Waals surface area contributed by atoms with Crippen LogP contribution in [0.2, 0.25) is 0 Å². The van der Waals surface area contributed by atoms with E-state index in [2.05, 4.69) is 42.1 Å². The molecule has 1 aromatic carbocycles. The smallest absolute Gasteiger partial charge is 0.284 e. The minimum absolute atomic E-state index is 0.421. The second-order valence-corrected chi connectivity index (χ2v) is 4.35. The van der Waals surface area contributed by atoms with Crippen molar-refractivity contribution in [2.45, 2.75) is 6.42 Å². The van der Waals surface area contributed by atoms with Crippen LogP contribution in [0, 0.1) is 0 Å². The van der Waals surface area contributed by atoms with E-state index in [1.807, 2.05) is 24.3 Å². The van der Waals surface area contributed by atoms with E-state index >= 15 is 0 Å². The summed E-state index contributed by atoms with van der Waals surface area (Å²) in [5.74, 6) is 0.610. The van der Waals surface area contributed by atoms with Crippen molar-refractivity contribution in [3.63, 3.8) is 0 Å². The second-order valence-electron chi connectivity index (χ2n) is 2.75. The van der Waals surface area contributed by atoms with Gasteiger partial charge in [0.1, 0.15) is 0 Å². The van der Waals surface area contributed by atoms with Crippen molar-refractivity contribution in [3.8, 4) is 0 Å². The summed E-state index contributed by atoms with van der Waals surface area (Å²) in [6.45, 7) is 0. The predicted molar refractivity (Wildman–Crippen MR) is 58.9 cm³/mol. The lowest BCUT2D eigenvalue weighted by atomic mass is 10.2. The molecule has 0 unspecified atom stereocenters. The zero-order valence-corrected chi connectivity index (χ0v) is 10.2. The Kier molecular flexibility index (Phi) is 2.98. The van der Waals surface area contributed by atoms with Gasteiger partial charge in [-0.25, -0.2) is 0 Å². The highest BCUT2D eigenvalue weighted by molar-refractivity contribution is 9.10. The summed E-state index contributed by atoms with van der Waals surface area (Å²) in [4.78, 5) is 0.421. The quantitative estimate of drug-likeness (QED) is 0.854. The molecule has 3 nitrogen and oxygen atoms in total. The Balaban J connectivity index is 2.15. The summed E-state index contributed by atoms with van der Waals surface area (Å²) in [7, 11) is 0. The number of nitrogens with zero attached hydrogens (tertiary/aromatic N) is 2. The second kappa shape index (κ2) is 4.23. The summed E-state index contributed by atoms with van der Waals surface area (Å²) >= 11 is 6.49. The molecule has 5 heteroatoms. The largest absolute Gasteiger partial charge is 0.415 e. The molecule has 0 saturated carbocycles. The first-order valence-electron chi connectivity index (χ1n) is 3.96. The Labute approximate surface area is 97.8 Å². The molecule has 0 bridgehead atoms. The van der Waals surface area contributed by atoms with Gasteiger partial charge in [0.2, 0.25) is 5.89 Å². The van der Waals surface area contributed by atoms with E-state index in [4.69, 9.17) is 4.42 Å². The van der Waals surface area contributed by atoms with Gasteiger partial charge in [-0.15, -0.1) is 10.2 Å². The summed E-state index contributed by atoms with van der Waals surface area (Å²) in [5, 5.41) is 7.58. The Morgan fingerprint density at radius 1 is 1.07 bits per heavy atom. The third kappa shape index (κ3) is 2.42. The van der Waals surface area contributed by atoms with Crippen molar-refractivity contribution in [2.75, 3.05) is 0 Å². The normalized spacial score (nSPS) is 10.4. The number of aromatic nitrogens is 2. The molecular formula is C9H6Br2N2O. The molecule has 0 radical (unpaired) electrons. The molecule has 0 aliphatic rings. The maximum Gasteiger partial charge on any atom is 0.284 e. The van der Waals surface area contributed by atoms with Crippen LogP contribution in [-0.4, -0.2) is 10.2 Å². The lowest BCUT2D eigenvalue weighted by Crippen LogP contribution is -1.87. The van der Waals surface area contributed by atoms with E-state index in [0.717, 1.165) is 10.0 Å². The highest BCUT2D eigenvalue weighted by Gasteiger charge is 2.03. The fourth-order valence-corrected chi connectivity index (χ4v) is 1.61. The topological polar surface area (TPSA) is 38.9 Å². The SMILES string of the molecule is Brc1ccc(Cc2nnc(Br)o2)cc1. The van der Waals surface area contributed by atoms with E-state index in [-0.39, 0.29) is 0 Å². The molecule has 0 fully saturated rings. The Hall–Kier alpha value is -0.680. The van der Waals surface area contributed by atoms with Crippen molar-refractivity contribution < 1.29 is 4.42 Å². The van der Waals surface area contributed by atoms with Crippen LogP contribution >= 0.6 is 31.9 Å². The van der Waals surface area contributed by atoms with Gasteiger partial charge in [-0.2, -0.15) is 0 Å². The Bertz CT molecular complexity index is 425. The van der Waals surface area contributed by atoms with Gasteiger partial charge in [-0.1, -0.05) is 28.1 Å². The summed E-state index contributed by atoms with van der Waals surface area (Å²) < 4.78 is 6.26. The molecule has 1 heterocycles. The van der Waals surface area contributed by atoms with Crippen molar-refractivity contribution in [1.82, 2.24) is 10.2 Å². The third-order valence-corrected chi connectivity index (χ3v) is 2.56. The lowest BCUT2D eigenvalue weighted by Gasteiger charge is -1.96. The molecule has 1 aromatic heterocycles. The van der Waals surface area contributed by atoms with E-state index in [1.54, 1.807) is 0 Å². The van der Waals surface area contributed by atoms with Crippen LogP contribution in [0.3, 0.4) is 0 Å². The maximum atomic E-state index is 5.20. The van der Waals surface area contributed by atoms with E-state index in [9.17, 15) is 0 Å². The van der Waals surface area contributed by atoms with Gasteiger partial charge in [-0.3, -0.25) is 0 Å². The minimum atomic E-state index is 0.421. The fraction of sp³-hybridized carbons (Fsp3) is 0.111. The van der Waals surface area contributed by atoms with Gasteiger partial charge in [0.15, 0.2) is 0 Å². The molecule has 0 atom stereocenters. The van der Waals surface area contributed by atoms with Gasteiger partial charge in [-0.05, 0) is 17.7 Å². The first kappa shape index (κ1) is 9.86. The van der Waals surface area contributed by atoms with E-state index in [0.29, 0.717) is 17.1 Å². The average Bonchev–Trinajstić information content (AvgIpc) is 2.56.